The van der Waals surface area contributed by atoms with E-state index in [1.54, 1.807) is 0 Å². The molecule has 2 aliphatic rings. The van der Waals surface area contributed by atoms with E-state index in [-0.39, 0.29) is 12.1 Å². The number of nitrogens with zero attached hydrogens (tertiary/aromatic N) is 2. The summed E-state index contributed by atoms with van der Waals surface area (Å²) in [6, 6.07) is 16.8. The second-order valence-electron chi connectivity index (χ2n) is 7.44. The molecule has 1 N–H and O–H groups in total. The summed E-state index contributed by atoms with van der Waals surface area (Å²) in [5.41, 5.74) is 4.65. The van der Waals surface area contributed by atoms with Gasteiger partial charge in [0.15, 0.2) is 0 Å². The van der Waals surface area contributed by atoms with Crippen LogP contribution in [0.25, 0.3) is 0 Å². The van der Waals surface area contributed by atoms with Gasteiger partial charge < -0.3 is 15.0 Å². The molecule has 0 aliphatic carbocycles. The zero-order chi connectivity index (χ0) is 18.6. The van der Waals surface area contributed by atoms with Gasteiger partial charge in [0.25, 0.3) is 0 Å². The number of fused-ring (bicyclic) bond motifs is 1. The van der Waals surface area contributed by atoms with Gasteiger partial charge in [-0.3, -0.25) is 4.90 Å². The van der Waals surface area contributed by atoms with Crippen molar-refractivity contribution in [2.75, 3.05) is 31.6 Å². The zero-order valence-electron chi connectivity index (χ0n) is 15.9. The average Bonchev–Trinajstić information content (AvgIpc) is 2.69. The van der Waals surface area contributed by atoms with Gasteiger partial charge in [0, 0.05) is 37.9 Å². The van der Waals surface area contributed by atoms with E-state index in [0.717, 1.165) is 38.3 Å². The van der Waals surface area contributed by atoms with Crippen LogP contribution < -0.4 is 5.32 Å². The molecule has 0 saturated carbocycles. The van der Waals surface area contributed by atoms with E-state index < -0.39 is 0 Å². The molecule has 2 amide bonds. The first kappa shape index (κ1) is 18.0. The van der Waals surface area contributed by atoms with E-state index >= 15 is 0 Å². The Kier molecular flexibility index (Phi) is 5.41. The van der Waals surface area contributed by atoms with E-state index in [0.29, 0.717) is 13.2 Å². The van der Waals surface area contributed by atoms with Gasteiger partial charge in [-0.2, -0.15) is 0 Å². The molecular weight excluding hydrogens is 338 g/mol. The molecule has 0 radical (unpaired) electrons. The summed E-state index contributed by atoms with van der Waals surface area (Å²) >= 11 is 0. The molecule has 4 rings (SSSR count). The van der Waals surface area contributed by atoms with Crippen LogP contribution in [-0.2, 0) is 24.3 Å². The lowest BCUT2D eigenvalue weighted by Gasteiger charge is -2.40. The minimum absolute atomic E-state index is 0.00162. The van der Waals surface area contributed by atoms with Gasteiger partial charge in [0.1, 0.15) is 0 Å². The number of benzene rings is 2. The maximum Gasteiger partial charge on any atom is 0.322 e. The molecule has 27 heavy (non-hydrogen) atoms. The second-order valence-corrected chi connectivity index (χ2v) is 7.44. The standard InChI is InChI=1S/C22H27N3O2/c1-17-14-24(15-18-6-3-2-4-7-18)11-12-25(17)22(26)23-21-9-5-8-19-16-27-13-10-20(19)21/h2-9,17H,10-16H2,1H3,(H,23,26). The smallest absolute Gasteiger partial charge is 0.322 e. The third-order valence-electron chi connectivity index (χ3n) is 5.49. The summed E-state index contributed by atoms with van der Waals surface area (Å²) < 4.78 is 5.52. The van der Waals surface area contributed by atoms with Gasteiger partial charge in [-0.05, 0) is 36.1 Å². The number of anilines is 1. The lowest BCUT2D eigenvalue weighted by Crippen LogP contribution is -2.54. The molecule has 0 spiro atoms. The number of ether oxygens (including phenoxy) is 1. The Morgan fingerprint density at radius 2 is 2.00 bits per heavy atom. The van der Waals surface area contributed by atoms with Gasteiger partial charge in [-0.25, -0.2) is 4.79 Å². The fourth-order valence-corrected chi connectivity index (χ4v) is 4.05. The number of carbonyl (C=O) groups excluding carboxylic acids is 1. The first-order valence-electron chi connectivity index (χ1n) is 9.73. The zero-order valence-corrected chi connectivity index (χ0v) is 15.9. The minimum atomic E-state index is 0.00162. The van der Waals surface area contributed by atoms with Crippen LogP contribution in [0.2, 0.25) is 0 Å². The monoisotopic (exact) mass is 365 g/mol. The third kappa shape index (κ3) is 4.15. The fraction of sp³-hybridized carbons (Fsp3) is 0.409. The molecule has 1 unspecified atom stereocenters. The predicted octanol–water partition coefficient (Wildman–Crippen LogP) is 3.50. The molecule has 2 aromatic rings. The highest BCUT2D eigenvalue weighted by Gasteiger charge is 2.28. The predicted molar refractivity (Wildman–Crippen MR) is 107 cm³/mol. The molecule has 1 saturated heterocycles. The maximum absolute atomic E-state index is 12.9. The lowest BCUT2D eigenvalue weighted by atomic mass is 10.0. The van der Waals surface area contributed by atoms with Gasteiger partial charge in [-0.1, -0.05) is 42.5 Å². The number of nitrogens with one attached hydrogen (secondary N) is 1. The molecule has 2 heterocycles. The van der Waals surface area contributed by atoms with E-state index in [9.17, 15) is 4.79 Å². The number of urea groups is 1. The van der Waals surface area contributed by atoms with Crippen molar-refractivity contribution >= 4 is 11.7 Å². The Morgan fingerprint density at radius 3 is 2.81 bits per heavy atom. The fourth-order valence-electron chi connectivity index (χ4n) is 4.05. The highest BCUT2D eigenvalue weighted by atomic mass is 16.5. The van der Waals surface area contributed by atoms with E-state index in [4.69, 9.17) is 4.74 Å². The lowest BCUT2D eigenvalue weighted by molar-refractivity contribution is 0.104. The van der Waals surface area contributed by atoms with Crippen LogP contribution >= 0.6 is 0 Å². The Hall–Kier alpha value is -2.37. The minimum Gasteiger partial charge on any atom is -0.376 e. The number of amides is 2. The molecule has 0 aromatic heterocycles. The Morgan fingerprint density at radius 1 is 1.15 bits per heavy atom. The van der Waals surface area contributed by atoms with Crippen molar-refractivity contribution in [3.05, 3.63) is 65.2 Å². The van der Waals surface area contributed by atoms with Crippen molar-refractivity contribution in [3.8, 4) is 0 Å². The van der Waals surface area contributed by atoms with E-state index in [2.05, 4.69) is 47.5 Å². The normalized spacial score (nSPS) is 20.2. The summed E-state index contributed by atoms with van der Waals surface area (Å²) in [4.78, 5) is 17.3. The first-order chi connectivity index (χ1) is 13.2. The maximum atomic E-state index is 12.9. The highest BCUT2D eigenvalue weighted by molar-refractivity contribution is 5.90. The van der Waals surface area contributed by atoms with Gasteiger partial charge in [0.05, 0.1) is 13.2 Å². The van der Waals surface area contributed by atoms with Crippen molar-refractivity contribution in [1.29, 1.82) is 0 Å². The number of rotatable bonds is 3. The molecule has 2 aromatic carbocycles. The molecule has 5 heteroatoms. The van der Waals surface area contributed by atoms with Crippen LogP contribution in [0.3, 0.4) is 0 Å². The van der Waals surface area contributed by atoms with Crippen molar-refractivity contribution in [2.45, 2.75) is 32.5 Å². The summed E-state index contributed by atoms with van der Waals surface area (Å²) in [6.45, 7) is 6.95. The SMILES string of the molecule is CC1CN(Cc2ccccc2)CCN1C(=O)Nc1cccc2c1CCOC2. The third-order valence-corrected chi connectivity index (χ3v) is 5.49. The number of hydrogen-bond donors (Lipinski definition) is 1. The van der Waals surface area contributed by atoms with E-state index in [1.807, 2.05) is 23.1 Å². The Labute approximate surface area is 160 Å². The quantitative estimate of drug-likeness (QED) is 0.905. The highest BCUT2D eigenvalue weighted by Crippen LogP contribution is 2.25. The Bertz CT molecular complexity index is 793. The molecule has 0 bridgehead atoms. The van der Waals surface area contributed by atoms with Crippen LogP contribution in [0, 0.1) is 0 Å². The topological polar surface area (TPSA) is 44.8 Å². The summed E-state index contributed by atoms with van der Waals surface area (Å²) in [7, 11) is 0. The molecule has 142 valence electrons. The van der Waals surface area contributed by atoms with Gasteiger partial charge >= 0.3 is 6.03 Å². The van der Waals surface area contributed by atoms with E-state index in [1.165, 1.54) is 16.7 Å². The van der Waals surface area contributed by atoms with Gasteiger partial charge in [-0.15, -0.1) is 0 Å². The summed E-state index contributed by atoms with van der Waals surface area (Å²) in [5, 5.41) is 3.15. The molecule has 1 atom stereocenters. The first-order valence-corrected chi connectivity index (χ1v) is 9.73. The van der Waals surface area contributed by atoms with Crippen molar-refractivity contribution < 1.29 is 9.53 Å². The summed E-state index contributed by atoms with van der Waals surface area (Å²) in [5.74, 6) is 0. The number of carbonyl (C=O) groups is 1. The molecule has 5 nitrogen and oxygen atoms in total. The molecular formula is C22H27N3O2. The molecule has 2 aliphatic heterocycles. The largest absolute Gasteiger partial charge is 0.376 e. The van der Waals surface area contributed by atoms with Gasteiger partial charge in [0.2, 0.25) is 0 Å². The Balaban J connectivity index is 1.38. The van der Waals surface area contributed by atoms with Crippen LogP contribution in [0.1, 0.15) is 23.6 Å². The van der Waals surface area contributed by atoms with Crippen molar-refractivity contribution in [2.24, 2.45) is 0 Å². The van der Waals surface area contributed by atoms with Crippen molar-refractivity contribution in [1.82, 2.24) is 9.80 Å². The van der Waals surface area contributed by atoms with Crippen LogP contribution in [0.5, 0.6) is 0 Å². The summed E-state index contributed by atoms with van der Waals surface area (Å²) in [6.07, 6.45) is 0.853. The van der Waals surface area contributed by atoms with Crippen LogP contribution in [0.15, 0.2) is 48.5 Å². The number of piperazine rings is 1. The number of hydrogen-bond acceptors (Lipinski definition) is 3. The van der Waals surface area contributed by atoms with Crippen molar-refractivity contribution in [3.63, 3.8) is 0 Å². The average molecular weight is 365 g/mol. The van der Waals surface area contributed by atoms with Crippen LogP contribution in [0.4, 0.5) is 10.5 Å². The molecule has 1 fully saturated rings. The second kappa shape index (κ2) is 8.11. The van der Waals surface area contributed by atoms with Crippen LogP contribution in [-0.4, -0.2) is 48.1 Å².